The van der Waals surface area contributed by atoms with Crippen molar-refractivity contribution >= 4 is 10.9 Å². The summed E-state index contributed by atoms with van der Waals surface area (Å²) in [6.45, 7) is 5.58. The van der Waals surface area contributed by atoms with Crippen LogP contribution >= 0.6 is 0 Å². The zero-order valence-corrected chi connectivity index (χ0v) is 11.8. The number of likely N-dealkylation sites (N-methyl/N-ethyl adjacent to an activating group) is 1. The molecule has 100 valence electrons. The number of para-hydroxylation sites is 1. The van der Waals surface area contributed by atoms with Crippen LogP contribution in [0.5, 0.6) is 0 Å². The monoisotopic (exact) mass is 254 g/mol. The summed E-state index contributed by atoms with van der Waals surface area (Å²) in [4.78, 5) is 4.79. The molecule has 3 atom stereocenters. The van der Waals surface area contributed by atoms with E-state index in [9.17, 15) is 0 Å². The minimum absolute atomic E-state index is 0.591. The molecule has 2 nitrogen and oxygen atoms in total. The normalized spacial score (nSPS) is 23.5. The molecule has 1 aromatic carbocycles. The highest BCUT2D eigenvalue weighted by Crippen LogP contribution is 2.41. The Balaban J connectivity index is 1.79. The Bertz CT molecular complexity index is 564. The van der Waals surface area contributed by atoms with Crippen molar-refractivity contribution in [1.29, 1.82) is 0 Å². The molecule has 19 heavy (non-hydrogen) atoms. The van der Waals surface area contributed by atoms with E-state index in [4.69, 9.17) is 4.98 Å². The lowest BCUT2D eigenvalue weighted by Crippen LogP contribution is -2.33. The topological polar surface area (TPSA) is 24.9 Å². The van der Waals surface area contributed by atoms with Gasteiger partial charge >= 0.3 is 0 Å². The Hall–Kier alpha value is -1.41. The zero-order chi connectivity index (χ0) is 13.2. The first-order chi connectivity index (χ1) is 9.28. The third kappa shape index (κ3) is 2.79. The quantitative estimate of drug-likeness (QED) is 0.884. The molecule has 1 heterocycles. The molecule has 3 unspecified atom stereocenters. The van der Waals surface area contributed by atoms with E-state index >= 15 is 0 Å². The molecule has 3 rings (SSSR count). The number of hydrogen-bond donors (Lipinski definition) is 1. The van der Waals surface area contributed by atoms with Gasteiger partial charge in [0.2, 0.25) is 0 Å². The fourth-order valence-corrected chi connectivity index (χ4v) is 3.00. The fraction of sp³-hybridized carbons (Fsp3) is 0.471. The number of nitrogens with one attached hydrogen (secondary N) is 1. The summed E-state index contributed by atoms with van der Waals surface area (Å²) in [5.74, 6) is 1.72. The molecular weight excluding hydrogens is 232 g/mol. The SMILES string of the molecule is CCNC(Cc1ccc2ccccc2n1)C1CC1C. The third-order valence-electron chi connectivity index (χ3n) is 4.24. The Kier molecular flexibility index (Phi) is 3.52. The van der Waals surface area contributed by atoms with Crippen molar-refractivity contribution in [3.8, 4) is 0 Å². The first-order valence-electron chi connectivity index (χ1n) is 7.36. The average molecular weight is 254 g/mol. The van der Waals surface area contributed by atoms with Crippen molar-refractivity contribution in [1.82, 2.24) is 10.3 Å². The van der Waals surface area contributed by atoms with E-state index in [0.29, 0.717) is 6.04 Å². The molecule has 1 fully saturated rings. The van der Waals surface area contributed by atoms with Crippen LogP contribution in [0.1, 0.15) is 26.0 Å². The highest BCUT2D eigenvalue weighted by atomic mass is 14.9. The van der Waals surface area contributed by atoms with Crippen LogP contribution in [0, 0.1) is 11.8 Å². The molecule has 2 aromatic rings. The predicted octanol–water partition coefficient (Wildman–Crippen LogP) is 3.41. The van der Waals surface area contributed by atoms with Crippen LogP contribution in [0.3, 0.4) is 0 Å². The lowest BCUT2D eigenvalue weighted by Gasteiger charge is -2.17. The number of nitrogens with zero attached hydrogens (tertiary/aromatic N) is 1. The van der Waals surface area contributed by atoms with Crippen molar-refractivity contribution in [2.45, 2.75) is 32.7 Å². The van der Waals surface area contributed by atoms with Gasteiger partial charge in [-0.25, -0.2) is 0 Å². The van der Waals surface area contributed by atoms with E-state index in [1.165, 1.54) is 17.5 Å². The zero-order valence-electron chi connectivity index (χ0n) is 11.8. The maximum Gasteiger partial charge on any atom is 0.0705 e. The van der Waals surface area contributed by atoms with Gasteiger partial charge in [-0.1, -0.05) is 38.1 Å². The maximum absolute atomic E-state index is 4.79. The van der Waals surface area contributed by atoms with Gasteiger partial charge in [-0.05, 0) is 36.9 Å². The summed E-state index contributed by atoms with van der Waals surface area (Å²) < 4.78 is 0. The predicted molar refractivity (Wildman–Crippen MR) is 80.2 cm³/mol. The summed E-state index contributed by atoms with van der Waals surface area (Å²) in [6, 6.07) is 13.3. The average Bonchev–Trinajstić information content (AvgIpc) is 3.15. The highest BCUT2D eigenvalue weighted by Gasteiger charge is 2.39. The molecule has 0 amide bonds. The molecule has 0 aliphatic heterocycles. The van der Waals surface area contributed by atoms with Crippen LogP contribution in [0.25, 0.3) is 10.9 Å². The van der Waals surface area contributed by atoms with Gasteiger partial charge in [-0.15, -0.1) is 0 Å². The maximum atomic E-state index is 4.79. The van der Waals surface area contributed by atoms with Gasteiger partial charge in [0.1, 0.15) is 0 Å². The first-order valence-corrected chi connectivity index (χ1v) is 7.36. The number of fused-ring (bicyclic) bond motifs is 1. The minimum Gasteiger partial charge on any atom is -0.314 e. The Morgan fingerprint density at radius 2 is 2.05 bits per heavy atom. The Labute approximate surface area is 115 Å². The number of hydrogen-bond acceptors (Lipinski definition) is 2. The largest absolute Gasteiger partial charge is 0.314 e. The van der Waals surface area contributed by atoms with Crippen LogP contribution in [-0.4, -0.2) is 17.6 Å². The molecule has 1 aliphatic rings. The van der Waals surface area contributed by atoms with Gasteiger partial charge in [0, 0.05) is 23.5 Å². The van der Waals surface area contributed by atoms with Crippen LogP contribution in [0.2, 0.25) is 0 Å². The molecule has 1 aromatic heterocycles. The second-order valence-corrected chi connectivity index (χ2v) is 5.74. The highest BCUT2D eigenvalue weighted by molar-refractivity contribution is 5.78. The molecule has 0 bridgehead atoms. The summed E-state index contributed by atoms with van der Waals surface area (Å²) in [6.07, 6.45) is 2.42. The molecule has 1 aliphatic carbocycles. The van der Waals surface area contributed by atoms with Crippen molar-refractivity contribution in [3.05, 3.63) is 42.1 Å². The number of aromatic nitrogens is 1. The van der Waals surface area contributed by atoms with E-state index < -0.39 is 0 Å². The first kappa shape index (κ1) is 12.6. The summed E-state index contributed by atoms with van der Waals surface area (Å²) in [5.41, 5.74) is 2.32. The second-order valence-electron chi connectivity index (χ2n) is 5.74. The summed E-state index contributed by atoms with van der Waals surface area (Å²) in [7, 11) is 0. The molecule has 0 radical (unpaired) electrons. The lowest BCUT2D eigenvalue weighted by atomic mass is 10.0. The van der Waals surface area contributed by atoms with Crippen molar-refractivity contribution < 1.29 is 0 Å². The van der Waals surface area contributed by atoms with Gasteiger partial charge in [-0.3, -0.25) is 4.98 Å². The van der Waals surface area contributed by atoms with Crippen molar-refractivity contribution in [2.24, 2.45) is 11.8 Å². The summed E-state index contributed by atoms with van der Waals surface area (Å²) in [5, 5.41) is 4.86. The van der Waals surface area contributed by atoms with E-state index in [0.717, 1.165) is 30.3 Å². The number of rotatable bonds is 5. The minimum atomic E-state index is 0.591. The van der Waals surface area contributed by atoms with Crippen LogP contribution in [-0.2, 0) is 6.42 Å². The molecule has 1 N–H and O–H groups in total. The van der Waals surface area contributed by atoms with E-state index in [-0.39, 0.29) is 0 Å². The van der Waals surface area contributed by atoms with Crippen LogP contribution in [0.4, 0.5) is 0 Å². The Morgan fingerprint density at radius 1 is 1.26 bits per heavy atom. The molecule has 0 spiro atoms. The third-order valence-corrected chi connectivity index (χ3v) is 4.24. The van der Waals surface area contributed by atoms with Crippen molar-refractivity contribution in [3.63, 3.8) is 0 Å². The van der Waals surface area contributed by atoms with Crippen molar-refractivity contribution in [2.75, 3.05) is 6.54 Å². The van der Waals surface area contributed by atoms with Gasteiger partial charge in [0.25, 0.3) is 0 Å². The Morgan fingerprint density at radius 3 is 2.79 bits per heavy atom. The fourth-order valence-electron chi connectivity index (χ4n) is 3.00. The van der Waals surface area contributed by atoms with E-state index in [1.807, 2.05) is 0 Å². The molecule has 2 heteroatoms. The molecule has 1 saturated carbocycles. The summed E-state index contributed by atoms with van der Waals surface area (Å²) >= 11 is 0. The lowest BCUT2D eigenvalue weighted by molar-refractivity contribution is 0.451. The van der Waals surface area contributed by atoms with Gasteiger partial charge < -0.3 is 5.32 Å². The van der Waals surface area contributed by atoms with Crippen LogP contribution in [0.15, 0.2) is 36.4 Å². The van der Waals surface area contributed by atoms with Gasteiger partial charge in [0.05, 0.1) is 5.52 Å². The van der Waals surface area contributed by atoms with E-state index in [1.54, 1.807) is 0 Å². The number of pyridine rings is 1. The van der Waals surface area contributed by atoms with Gasteiger partial charge in [0.15, 0.2) is 0 Å². The van der Waals surface area contributed by atoms with E-state index in [2.05, 4.69) is 55.6 Å². The second kappa shape index (κ2) is 5.30. The molecule has 0 saturated heterocycles. The standard InChI is InChI=1S/C17H22N2/c1-3-18-17(15-10-12(15)2)11-14-9-8-13-6-4-5-7-16(13)19-14/h4-9,12,15,17-18H,3,10-11H2,1-2H3. The smallest absolute Gasteiger partial charge is 0.0705 e. The number of benzene rings is 1. The van der Waals surface area contributed by atoms with Crippen LogP contribution < -0.4 is 5.32 Å². The van der Waals surface area contributed by atoms with Gasteiger partial charge in [-0.2, -0.15) is 0 Å². The molecular formula is C17H22N2.